The maximum atomic E-state index is 11.3. The summed E-state index contributed by atoms with van der Waals surface area (Å²) in [4.78, 5) is 16.0. The molecule has 1 fully saturated rings. The Bertz CT molecular complexity index is 417. The van der Waals surface area contributed by atoms with Gasteiger partial charge in [0, 0.05) is 39.8 Å². The zero-order chi connectivity index (χ0) is 14.9. The highest BCUT2D eigenvalue weighted by Crippen LogP contribution is 2.09. The lowest BCUT2D eigenvalue weighted by Crippen LogP contribution is -2.49. The van der Waals surface area contributed by atoms with Gasteiger partial charge in [-0.05, 0) is 18.6 Å². The molecule has 1 aromatic carbocycles. The molecule has 0 aromatic heterocycles. The molecule has 0 atom stereocenters. The van der Waals surface area contributed by atoms with E-state index in [4.69, 9.17) is 4.74 Å². The van der Waals surface area contributed by atoms with Crippen LogP contribution in [0.15, 0.2) is 30.3 Å². The number of nitrogens with zero attached hydrogens (tertiary/aromatic N) is 2. The molecule has 0 spiro atoms. The zero-order valence-electron chi connectivity index (χ0n) is 12.8. The number of rotatable bonds is 7. The fraction of sp³-hybridized carbons (Fsp3) is 0.562. The van der Waals surface area contributed by atoms with Gasteiger partial charge in [0.25, 0.3) is 0 Å². The summed E-state index contributed by atoms with van der Waals surface area (Å²) >= 11 is 0. The predicted octanol–water partition coefficient (Wildman–Crippen LogP) is 0.819. The van der Waals surface area contributed by atoms with Crippen LogP contribution in [0.4, 0.5) is 0 Å². The minimum atomic E-state index is 0.0970. The van der Waals surface area contributed by atoms with Crippen LogP contribution in [0.1, 0.15) is 6.42 Å². The second kappa shape index (κ2) is 8.64. The summed E-state index contributed by atoms with van der Waals surface area (Å²) in [6, 6.07) is 9.93. The van der Waals surface area contributed by atoms with Crippen molar-refractivity contribution in [2.75, 3.05) is 52.9 Å². The Morgan fingerprint density at radius 2 is 1.81 bits per heavy atom. The standard InChI is InChI=1S/C16H25N3O2/c1-17-16(20)14-19-11-9-18(10-12-19)8-5-13-21-15-6-3-2-4-7-15/h2-4,6-7H,5,8-14H2,1H3,(H,17,20). The Morgan fingerprint density at radius 1 is 1.14 bits per heavy atom. The summed E-state index contributed by atoms with van der Waals surface area (Å²) in [6.07, 6.45) is 1.03. The van der Waals surface area contributed by atoms with E-state index in [-0.39, 0.29) is 5.91 Å². The van der Waals surface area contributed by atoms with Crippen molar-refractivity contribution in [2.24, 2.45) is 0 Å². The molecule has 5 nitrogen and oxygen atoms in total. The molecule has 1 N–H and O–H groups in total. The van der Waals surface area contributed by atoms with Crippen molar-refractivity contribution >= 4 is 5.91 Å². The number of benzene rings is 1. The van der Waals surface area contributed by atoms with Crippen LogP contribution in [0.25, 0.3) is 0 Å². The van der Waals surface area contributed by atoms with Crippen molar-refractivity contribution in [1.82, 2.24) is 15.1 Å². The van der Waals surface area contributed by atoms with E-state index in [0.717, 1.165) is 51.5 Å². The van der Waals surface area contributed by atoms with Gasteiger partial charge in [-0.25, -0.2) is 0 Å². The highest BCUT2D eigenvalue weighted by molar-refractivity contribution is 5.77. The highest BCUT2D eigenvalue weighted by atomic mass is 16.5. The van der Waals surface area contributed by atoms with Crippen LogP contribution in [0.3, 0.4) is 0 Å². The number of amides is 1. The number of carbonyl (C=O) groups is 1. The average Bonchev–Trinajstić information content (AvgIpc) is 2.54. The second-order valence-corrected chi connectivity index (χ2v) is 5.31. The fourth-order valence-corrected chi connectivity index (χ4v) is 2.45. The number of hydrogen-bond acceptors (Lipinski definition) is 4. The molecule has 5 heteroatoms. The molecule has 116 valence electrons. The van der Waals surface area contributed by atoms with E-state index in [1.54, 1.807) is 7.05 Å². The minimum absolute atomic E-state index is 0.0970. The quantitative estimate of drug-likeness (QED) is 0.756. The molecule has 2 rings (SSSR count). The van der Waals surface area contributed by atoms with Crippen LogP contribution in [-0.2, 0) is 4.79 Å². The van der Waals surface area contributed by atoms with Gasteiger partial charge in [-0.1, -0.05) is 18.2 Å². The van der Waals surface area contributed by atoms with Crippen LogP contribution >= 0.6 is 0 Å². The smallest absolute Gasteiger partial charge is 0.233 e. The number of para-hydroxylation sites is 1. The molecule has 1 saturated heterocycles. The lowest BCUT2D eigenvalue weighted by molar-refractivity contribution is -0.122. The van der Waals surface area contributed by atoms with E-state index in [2.05, 4.69) is 15.1 Å². The molecule has 21 heavy (non-hydrogen) atoms. The number of carbonyl (C=O) groups excluding carboxylic acids is 1. The number of ether oxygens (including phenoxy) is 1. The van der Waals surface area contributed by atoms with Gasteiger partial charge in [0.05, 0.1) is 13.2 Å². The summed E-state index contributed by atoms with van der Waals surface area (Å²) in [5.41, 5.74) is 0. The molecule has 0 unspecified atom stereocenters. The lowest BCUT2D eigenvalue weighted by atomic mass is 10.3. The van der Waals surface area contributed by atoms with Crippen LogP contribution in [-0.4, -0.2) is 68.6 Å². The Hall–Kier alpha value is -1.59. The summed E-state index contributed by atoms with van der Waals surface area (Å²) in [7, 11) is 1.69. The third-order valence-corrected chi connectivity index (χ3v) is 3.74. The maximum Gasteiger partial charge on any atom is 0.233 e. The lowest BCUT2D eigenvalue weighted by Gasteiger charge is -2.34. The molecular weight excluding hydrogens is 266 g/mol. The number of hydrogen-bond donors (Lipinski definition) is 1. The predicted molar refractivity (Wildman–Crippen MR) is 83.5 cm³/mol. The van der Waals surface area contributed by atoms with Gasteiger partial charge in [0.15, 0.2) is 0 Å². The van der Waals surface area contributed by atoms with Gasteiger partial charge < -0.3 is 15.0 Å². The molecule has 0 radical (unpaired) electrons. The Labute approximate surface area is 126 Å². The third kappa shape index (κ3) is 5.73. The topological polar surface area (TPSA) is 44.8 Å². The Kier molecular flexibility index (Phi) is 6.50. The monoisotopic (exact) mass is 291 g/mol. The van der Waals surface area contributed by atoms with E-state index in [0.29, 0.717) is 6.54 Å². The largest absolute Gasteiger partial charge is 0.494 e. The van der Waals surface area contributed by atoms with Crippen LogP contribution in [0.2, 0.25) is 0 Å². The van der Waals surface area contributed by atoms with Crippen molar-refractivity contribution in [2.45, 2.75) is 6.42 Å². The van der Waals surface area contributed by atoms with Crippen molar-refractivity contribution in [3.63, 3.8) is 0 Å². The van der Waals surface area contributed by atoms with E-state index in [1.165, 1.54) is 0 Å². The minimum Gasteiger partial charge on any atom is -0.494 e. The molecule has 1 aromatic rings. The number of likely N-dealkylation sites (N-methyl/N-ethyl adjacent to an activating group) is 1. The Balaban J connectivity index is 1.56. The van der Waals surface area contributed by atoms with Crippen molar-refractivity contribution in [1.29, 1.82) is 0 Å². The van der Waals surface area contributed by atoms with Gasteiger partial charge in [-0.15, -0.1) is 0 Å². The van der Waals surface area contributed by atoms with Crippen molar-refractivity contribution in [3.05, 3.63) is 30.3 Å². The molecule has 1 amide bonds. The first-order valence-corrected chi connectivity index (χ1v) is 7.61. The first-order valence-electron chi connectivity index (χ1n) is 7.61. The van der Waals surface area contributed by atoms with Gasteiger partial charge >= 0.3 is 0 Å². The van der Waals surface area contributed by atoms with Crippen LogP contribution in [0.5, 0.6) is 5.75 Å². The molecule has 1 heterocycles. The summed E-state index contributed by atoms with van der Waals surface area (Å²) in [5.74, 6) is 1.03. The summed E-state index contributed by atoms with van der Waals surface area (Å²) < 4.78 is 5.70. The number of nitrogens with one attached hydrogen (secondary N) is 1. The molecule has 0 aliphatic carbocycles. The van der Waals surface area contributed by atoms with Crippen molar-refractivity contribution < 1.29 is 9.53 Å². The highest BCUT2D eigenvalue weighted by Gasteiger charge is 2.17. The summed E-state index contributed by atoms with van der Waals surface area (Å²) in [5, 5.41) is 2.67. The van der Waals surface area contributed by atoms with E-state index >= 15 is 0 Å². The van der Waals surface area contributed by atoms with Gasteiger partial charge in [-0.2, -0.15) is 0 Å². The first kappa shape index (κ1) is 15.8. The zero-order valence-corrected chi connectivity index (χ0v) is 12.8. The van der Waals surface area contributed by atoms with Gasteiger partial charge in [0.1, 0.15) is 5.75 Å². The van der Waals surface area contributed by atoms with Gasteiger partial charge in [0.2, 0.25) is 5.91 Å². The van der Waals surface area contributed by atoms with Crippen molar-refractivity contribution in [3.8, 4) is 5.75 Å². The van der Waals surface area contributed by atoms with Crippen LogP contribution < -0.4 is 10.1 Å². The molecule has 0 bridgehead atoms. The van der Waals surface area contributed by atoms with E-state index in [9.17, 15) is 4.79 Å². The fourth-order valence-electron chi connectivity index (χ4n) is 2.45. The molecular formula is C16H25N3O2. The number of piperazine rings is 1. The molecule has 0 saturated carbocycles. The Morgan fingerprint density at radius 3 is 2.48 bits per heavy atom. The molecule has 1 aliphatic rings. The van der Waals surface area contributed by atoms with E-state index in [1.807, 2.05) is 30.3 Å². The maximum absolute atomic E-state index is 11.3. The molecule has 1 aliphatic heterocycles. The third-order valence-electron chi connectivity index (χ3n) is 3.74. The average molecular weight is 291 g/mol. The van der Waals surface area contributed by atoms with Gasteiger partial charge in [-0.3, -0.25) is 9.69 Å². The summed E-state index contributed by atoms with van der Waals surface area (Å²) in [6.45, 7) is 6.31. The SMILES string of the molecule is CNC(=O)CN1CCN(CCCOc2ccccc2)CC1. The van der Waals surface area contributed by atoms with E-state index < -0.39 is 0 Å². The second-order valence-electron chi connectivity index (χ2n) is 5.31. The normalized spacial score (nSPS) is 16.6. The first-order chi connectivity index (χ1) is 10.3. The van der Waals surface area contributed by atoms with Crippen LogP contribution in [0, 0.1) is 0 Å².